The Bertz CT molecular complexity index is 1960. The molecule has 0 amide bonds. The molecule has 0 bridgehead atoms. The van der Waals surface area contributed by atoms with Gasteiger partial charge in [0.15, 0.2) is 0 Å². The molecule has 0 aliphatic carbocycles. The molecule has 0 aliphatic heterocycles. The average Bonchev–Trinajstić information content (AvgIpc) is 3.75. The number of thiophene rings is 6. The fourth-order valence-corrected chi connectivity index (χ4v) is 11.6. The second-order valence-corrected chi connectivity index (χ2v) is 16.1. The van der Waals surface area contributed by atoms with Crippen LogP contribution < -0.4 is 0 Å². The third-order valence-corrected chi connectivity index (χ3v) is 14.6. The molecule has 0 aliphatic rings. The van der Waals surface area contributed by atoms with Gasteiger partial charge in [-0.15, -0.1) is 68.0 Å². The van der Waals surface area contributed by atoms with Crippen molar-refractivity contribution in [2.24, 2.45) is 0 Å². The Morgan fingerprint density at radius 2 is 0.711 bits per heavy atom. The number of rotatable bonds is 5. The number of hydrogen-bond acceptors (Lipinski definition) is 6. The summed E-state index contributed by atoms with van der Waals surface area (Å²) in [5, 5.41) is 5.64. The molecule has 0 saturated heterocycles. The van der Waals surface area contributed by atoms with Crippen LogP contribution in [0.3, 0.4) is 0 Å². The molecule has 8 rings (SSSR count). The summed E-state index contributed by atoms with van der Waals surface area (Å²) in [6, 6.07) is 28.1. The standard InChI is InChI=1S/C32H22S6/c1-3-17-13-19-21-15-31(35-25(21)7-5-23(19)33-17)29-11-9-27(37-29)28-10-12-30(38-28)32-16-22-20-14-18(4-2)34-24(20)6-8-26(22)36-32/h5-16H,3-4H2,1-2H3. The molecule has 0 fully saturated rings. The molecule has 8 aromatic rings. The van der Waals surface area contributed by atoms with E-state index in [1.54, 1.807) is 0 Å². The molecule has 2 aromatic carbocycles. The molecule has 0 unspecified atom stereocenters. The van der Waals surface area contributed by atoms with Crippen LogP contribution in [0.4, 0.5) is 0 Å². The zero-order valence-corrected chi connectivity index (χ0v) is 25.7. The topological polar surface area (TPSA) is 0 Å². The Balaban J connectivity index is 1.13. The molecule has 0 saturated carbocycles. The highest BCUT2D eigenvalue weighted by Gasteiger charge is 2.15. The summed E-state index contributed by atoms with van der Waals surface area (Å²) in [5.74, 6) is 0. The molecular formula is C32H22S6. The monoisotopic (exact) mass is 598 g/mol. The van der Waals surface area contributed by atoms with Crippen LogP contribution in [0.25, 0.3) is 69.6 Å². The number of aryl methyl sites for hydroxylation is 2. The Morgan fingerprint density at radius 3 is 1.11 bits per heavy atom. The van der Waals surface area contributed by atoms with Crippen molar-refractivity contribution in [2.45, 2.75) is 26.7 Å². The molecule has 0 N–H and O–H groups in total. The Morgan fingerprint density at radius 1 is 0.368 bits per heavy atom. The molecule has 38 heavy (non-hydrogen) atoms. The smallest absolute Gasteiger partial charge is 0.0455 e. The minimum Gasteiger partial charge on any atom is -0.140 e. The van der Waals surface area contributed by atoms with E-state index in [-0.39, 0.29) is 0 Å². The fraction of sp³-hybridized carbons (Fsp3) is 0.125. The van der Waals surface area contributed by atoms with Crippen LogP contribution in [0.1, 0.15) is 23.6 Å². The SMILES string of the molecule is CCc1cc2c(ccc3sc(-c4ccc(-c5ccc(-c6cc7c(ccc8sc(CC)cc87)s6)s5)s4)cc32)s1. The van der Waals surface area contributed by atoms with Crippen LogP contribution in [-0.2, 0) is 12.8 Å². The van der Waals surface area contributed by atoms with Crippen LogP contribution in [-0.4, -0.2) is 0 Å². The third kappa shape index (κ3) is 3.77. The van der Waals surface area contributed by atoms with Crippen molar-refractivity contribution in [3.05, 3.63) is 82.6 Å². The minimum absolute atomic E-state index is 1.11. The van der Waals surface area contributed by atoms with E-state index >= 15 is 0 Å². The lowest BCUT2D eigenvalue weighted by Gasteiger charge is -1.91. The zero-order valence-electron chi connectivity index (χ0n) is 20.8. The van der Waals surface area contributed by atoms with Crippen LogP contribution >= 0.6 is 68.0 Å². The molecular weight excluding hydrogens is 577 g/mol. The first-order chi connectivity index (χ1) is 18.7. The van der Waals surface area contributed by atoms with Gasteiger partial charge in [-0.3, -0.25) is 0 Å². The summed E-state index contributed by atoms with van der Waals surface area (Å²) in [4.78, 5) is 11.1. The quantitative estimate of drug-likeness (QED) is 0.185. The molecule has 186 valence electrons. The van der Waals surface area contributed by atoms with Crippen LogP contribution in [0.5, 0.6) is 0 Å². The summed E-state index contributed by atoms with van der Waals surface area (Å²) in [6.07, 6.45) is 2.21. The van der Waals surface area contributed by atoms with E-state index in [9.17, 15) is 0 Å². The Kier molecular flexibility index (Phi) is 5.65. The van der Waals surface area contributed by atoms with Gasteiger partial charge in [0.05, 0.1) is 0 Å². The van der Waals surface area contributed by atoms with E-state index in [0.717, 1.165) is 12.8 Å². The van der Waals surface area contributed by atoms with Gasteiger partial charge in [-0.1, -0.05) is 13.8 Å². The van der Waals surface area contributed by atoms with Gasteiger partial charge in [0, 0.05) is 79.4 Å². The number of hydrogen-bond donors (Lipinski definition) is 0. The highest BCUT2D eigenvalue weighted by atomic mass is 32.1. The minimum atomic E-state index is 1.11. The van der Waals surface area contributed by atoms with Gasteiger partial charge in [-0.2, -0.15) is 0 Å². The van der Waals surface area contributed by atoms with Crippen molar-refractivity contribution in [1.29, 1.82) is 0 Å². The summed E-state index contributed by atoms with van der Waals surface area (Å²) in [7, 11) is 0. The van der Waals surface area contributed by atoms with E-state index in [4.69, 9.17) is 0 Å². The van der Waals surface area contributed by atoms with Crippen LogP contribution in [0.2, 0.25) is 0 Å². The third-order valence-electron chi connectivity index (χ3n) is 7.14. The van der Waals surface area contributed by atoms with Gasteiger partial charge in [0.25, 0.3) is 0 Å². The second kappa shape index (κ2) is 9.12. The first kappa shape index (κ1) is 23.6. The molecule has 0 nitrogen and oxygen atoms in total. The molecule has 0 radical (unpaired) electrons. The molecule has 6 heterocycles. The van der Waals surface area contributed by atoms with Gasteiger partial charge in [-0.05, 0) is 85.6 Å². The van der Waals surface area contributed by atoms with Gasteiger partial charge in [-0.25, -0.2) is 0 Å². The predicted molar refractivity (Wildman–Crippen MR) is 179 cm³/mol. The van der Waals surface area contributed by atoms with Gasteiger partial charge >= 0.3 is 0 Å². The fourth-order valence-electron chi connectivity index (χ4n) is 5.16. The molecule has 0 spiro atoms. The molecule has 0 atom stereocenters. The van der Waals surface area contributed by atoms with Crippen molar-refractivity contribution >= 4 is 108 Å². The van der Waals surface area contributed by atoms with Crippen molar-refractivity contribution in [3.8, 4) is 29.3 Å². The van der Waals surface area contributed by atoms with Crippen molar-refractivity contribution in [2.75, 3.05) is 0 Å². The van der Waals surface area contributed by atoms with E-state index in [0.29, 0.717) is 0 Å². The maximum atomic E-state index is 2.41. The lowest BCUT2D eigenvalue weighted by atomic mass is 10.1. The van der Waals surface area contributed by atoms with Gasteiger partial charge < -0.3 is 0 Å². The Hall–Kier alpha value is -2.32. The number of benzene rings is 2. The highest BCUT2D eigenvalue weighted by Crippen LogP contribution is 2.47. The Labute approximate surface area is 245 Å². The van der Waals surface area contributed by atoms with E-state index in [2.05, 4.69) is 86.6 Å². The lowest BCUT2D eigenvalue weighted by Crippen LogP contribution is -1.66. The maximum absolute atomic E-state index is 2.41. The van der Waals surface area contributed by atoms with Gasteiger partial charge in [0.2, 0.25) is 0 Å². The van der Waals surface area contributed by atoms with E-state index < -0.39 is 0 Å². The first-order valence-electron chi connectivity index (χ1n) is 12.8. The van der Waals surface area contributed by atoms with Crippen molar-refractivity contribution < 1.29 is 0 Å². The van der Waals surface area contributed by atoms with E-state index in [1.165, 1.54) is 79.4 Å². The van der Waals surface area contributed by atoms with Crippen LogP contribution in [0.15, 0.2) is 72.8 Å². The van der Waals surface area contributed by atoms with Crippen molar-refractivity contribution in [3.63, 3.8) is 0 Å². The van der Waals surface area contributed by atoms with E-state index in [1.807, 2.05) is 68.0 Å². The van der Waals surface area contributed by atoms with Gasteiger partial charge in [0.1, 0.15) is 0 Å². The zero-order chi connectivity index (χ0) is 25.4. The van der Waals surface area contributed by atoms with Crippen molar-refractivity contribution in [1.82, 2.24) is 0 Å². The first-order valence-corrected chi connectivity index (χ1v) is 17.7. The second-order valence-electron chi connectivity index (χ2n) is 9.46. The summed E-state index contributed by atoms with van der Waals surface area (Å²) in [6.45, 7) is 4.49. The largest absolute Gasteiger partial charge is 0.140 e. The molecule has 6 aromatic heterocycles. The number of fused-ring (bicyclic) bond motifs is 6. The van der Waals surface area contributed by atoms with Crippen LogP contribution in [0, 0.1) is 0 Å². The maximum Gasteiger partial charge on any atom is 0.0455 e. The summed E-state index contributed by atoms with van der Waals surface area (Å²) < 4.78 is 5.58. The highest BCUT2D eigenvalue weighted by molar-refractivity contribution is 7.30. The normalized spacial score (nSPS) is 12.2. The summed E-state index contributed by atoms with van der Waals surface area (Å²) in [5.41, 5.74) is 0. The lowest BCUT2D eigenvalue weighted by molar-refractivity contribution is 1.19. The predicted octanol–water partition coefficient (Wildman–Crippen LogP) is 12.8. The molecule has 6 heteroatoms. The summed E-state index contributed by atoms with van der Waals surface area (Å²) >= 11 is 11.5. The average molecular weight is 599 g/mol.